The molecule has 0 bridgehead atoms. The molecule has 0 saturated carbocycles. The lowest BCUT2D eigenvalue weighted by atomic mass is 9.78. The van der Waals surface area contributed by atoms with Crippen molar-refractivity contribution in [3.05, 3.63) is 64.7 Å². The van der Waals surface area contributed by atoms with Crippen LogP contribution < -0.4 is 10.1 Å². The van der Waals surface area contributed by atoms with Crippen LogP contribution in [0.3, 0.4) is 0 Å². The highest BCUT2D eigenvalue weighted by atomic mass is 16.6. The summed E-state index contributed by atoms with van der Waals surface area (Å²) >= 11 is 0. The first-order chi connectivity index (χ1) is 13.0. The Balaban J connectivity index is 1.68. The van der Waals surface area contributed by atoms with E-state index in [9.17, 15) is 9.59 Å². The van der Waals surface area contributed by atoms with E-state index in [0.29, 0.717) is 24.3 Å². The SMILES string of the molecule is Cc1ccc2c(c1)C(=O)[C@H]1[C@H](c3ccccc3C)N[C@@]3(CCOC3=O)[C@H]1O2. The third-order valence-corrected chi connectivity index (χ3v) is 6.16. The number of hydrogen-bond acceptors (Lipinski definition) is 5. The fourth-order valence-corrected chi connectivity index (χ4v) is 4.78. The molecule has 5 nitrogen and oxygen atoms in total. The molecule has 2 aromatic rings. The predicted molar refractivity (Wildman–Crippen MR) is 98.8 cm³/mol. The average Bonchev–Trinajstić information content (AvgIpc) is 3.18. The molecule has 0 aliphatic carbocycles. The molecule has 3 aliphatic heterocycles. The minimum Gasteiger partial charge on any atom is -0.486 e. The van der Waals surface area contributed by atoms with Gasteiger partial charge in [0.15, 0.2) is 11.3 Å². The lowest BCUT2D eigenvalue weighted by Gasteiger charge is -2.34. The number of cyclic esters (lactones) is 1. The third-order valence-electron chi connectivity index (χ3n) is 6.16. The van der Waals surface area contributed by atoms with Crippen LogP contribution in [0.1, 0.15) is 39.5 Å². The van der Waals surface area contributed by atoms with Crippen LogP contribution in [0.4, 0.5) is 0 Å². The third kappa shape index (κ3) is 2.21. The maximum atomic E-state index is 13.5. The van der Waals surface area contributed by atoms with E-state index in [4.69, 9.17) is 9.47 Å². The van der Waals surface area contributed by atoms with Crippen molar-refractivity contribution in [1.29, 1.82) is 0 Å². The summed E-state index contributed by atoms with van der Waals surface area (Å²) in [5, 5.41) is 3.47. The molecule has 2 fully saturated rings. The summed E-state index contributed by atoms with van der Waals surface area (Å²) in [6.07, 6.45) is -0.0658. The van der Waals surface area contributed by atoms with E-state index >= 15 is 0 Å². The van der Waals surface area contributed by atoms with Crippen LogP contribution in [0.2, 0.25) is 0 Å². The summed E-state index contributed by atoms with van der Waals surface area (Å²) < 4.78 is 11.6. The molecule has 1 spiro atoms. The van der Waals surface area contributed by atoms with Gasteiger partial charge in [0.1, 0.15) is 11.9 Å². The number of rotatable bonds is 1. The summed E-state index contributed by atoms with van der Waals surface area (Å²) in [6.45, 7) is 4.32. The van der Waals surface area contributed by atoms with E-state index in [1.807, 2.05) is 56.3 Å². The molecule has 0 unspecified atom stereocenters. The van der Waals surface area contributed by atoms with Crippen molar-refractivity contribution in [3.8, 4) is 5.75 Å². The second-order valence-corrected chi connectivity index (χ2v) is 7.76. The number of hydrogen-bond donors (Lipinski definition) is 1. The number of ether oxygens (including phenoxy) is 2. The zero-order chi connectivity index (χ0) is 18.8. The lowest BCUT2D eigenvalue weighted by molar-refractivity contribution is -0.145. The minimum absolute atomic E-state index is 0.0299. The highest BCUT2D eigenvalue weighted by Crippen LogP contribution is 2.49. The van der Waals surface area contributed by atoms with Crippen LogP contribution in [-0.4, -0.2) is 30.0 Å². The lowest BCUT2D eigenvalue weighted by Crippen LogP contribution is -2.56. The molecule has 1 N–H and O–H groups in total. The Morgan fingerprint density at radius 3 is 2.67 bits per heavy atom. The topological polar surface area (TPSA) is 64.6 Å². The maximum absolute atomic E-state index is 13.5. The number of Topliss-reactive ketones (excluding diaryl/α,β-unsaturated/α-hetero) is 1. The van der Waals surface area contributed by atoms with Gasteiger partial charge in [-0.25, -0.2) is 4.79 Å². The first-order valence-corrected chi connectivity index (χ1v) is 9.33. The molecule has 0 amide bonds. The van der Waals surface area contributed by atoms with Crippen molar-refractivity contribution in [2.75, 3.05) is 6.61 Å². The Hall–Kier alpha value is -2.66. The van der Waals surface area contributed by atoms with Gasteiger partial charge >= 0.3 is 5.97 Å². The molecule has 4 atom stereocenters. The minimum atomic E-state index is -0.976. The van der Waals surface area contributed by atoms with Gasteiger partial charge in [0.05, 0.1) is 18.1 Å². The van der Waals surface area contributed by atoms with E-state index in [0.717, 1.165) is 16.7 Å². The Kier molecular flexibility index (Phi) is 3.46. The Morgan fingerprint density at radius 2 is 1.93 bits per heavy atom. The summed E-state index contributed by atoms with van der Waals surface area (Å²) in [7, 11) is 0. The van der Waals surface area contributed by atoms with Gasteiger partial charge in [-0.2, -0.15) is 0 Å². The van der Waals surface area contributed by atoms with Crippen molar-refractivity contribution in [1.82, 2.24) is 5.32 Å². The van der Waals surface area contributed by atoms with Crippen LogP contribution in [0.15, 0.2) is 42.5 Å². The van der Waals surface area contributed by atoms with Crippen molar-refractivity contribution >= 4 is 11.8 Å². The first kappa shape index (κ1) is 16.5. The highest BCUT2D eigenvalue weighted by molar-refractivity contribution is 6.04. The molecule has 138 valence electrons. The molecule has 3 aliphatic rings. The summed E-state index contributed by atoms with van der Waals surface area (Å²) in [5.74, 6) is -0.205. The van der Waals surface area contributed by atoms with E-state index < -0.39 is 17.6 Å². The second-order valence-electron chi connectivity index (χ2n) is 7.76. The number of esters is 1. The molecular formula is C22H21NO4. The molecule has 2 saturated heterocycles. The molecule has 2 aromatic carbocycles. The summed E-state index contributed by atoms with van der Waals surface area (Å²) in [6, 6.07) is 13.3. The van der Waals surface area contributed by atoms with Gasteiger partial charge < -0.3 is 9.47 Å². The van der Waals surface area contributed by atoms with Crippen molar-refractivity contribution < 1.29 is 19.1 Å². The number of carbonyl (C=O) groups excluding carboxylic acids is 2. The van der Waals surface area contributed by atoms with E-state index in [-0.39, 0.29) is 17.8 Å². The van der Waals surface area contributed by atoms with Gasteiger partial charge in [0.2, 0.25) is 0 Å². The van der Waals surface area contributed by atoms with E-state index in [2.05, 4.69) is 5.32 Å². The van der Waals surface area contributed by atoms with Crippen LogP contribution in [-0.2, 0) is 9.53 Å². The normalized spacial score (nSPS) is 31.4. The Labute approximate surface area is 157 Å². The molecular weight excluding hydrogens is 342 g/mol. The molecule has 3 heterocycles. The molecule has 0 radical (unpaired) electrons. The zero-order valence-corrected chi connectivity index (χ0v) is 15.3. The van der Waals surface area contributed by atoms with Crippen LogP contribution in [0.5, 0.6) is 5.75 Å². The average molecular weight is 363 g/mol. The summed E-state index contributed by atoms with van der Waals surface area (Å²) in [5.41, 5.74) is 2.74. The fourth-order valence-electron chi connectivity index (χ4n) is 4.78. The monoisotopic (exact) mass is 363 g/mol. The second kappa shape index (κ2) is 5.67. The number of nitrogens with one attached hydrogen (secondary N) is 1. The largest absolute Gasteiger partial charge is 0.486 e. The van der Waals surface area contributed by atoms with Crippen LogP contribution in [0.25, 0.3) is 0 Å². The molecule has 5 rings (SSSR count). The van der Waals surface area contributed by atoms with Crippen molar-refractivity contribution in [3.63, 3.8) is 0 Å². The number of benzene rings is 2. The quantitative estimate of drug-likeness (QED) is 0.790. The van der Waals surface area contributed by atoms with Gasteiger partial charge in [-0.15, -0.1) is 0 Å². The number of ketones is 1. The van der Waals surface area contributed by atoms with Gasteiger partial charge in [0.25, 0.3) is 0 Å². The van der Waals surface area contributed by atoms with Gasteiger partial charge in [-0.1, -0.05) is 35.9 Å². The Bertz CT molecular complexity index is 969. The number of carbonyl (C=O) groups is 2. The first-order valence-electron chi connectivity index (χ1n) is 9.33. The van der Waals surface area contributed by atoms with Gasteiger partial charge in [-0.3, -0.25) is 10.1 Å². The molecule has 0 aromatic heterocycles. The maximum Gasteiger partial charge on any atom is 0.330 e. The van der Waals surface area contributed by atoms with E-state index in [1.54, 1.807) is 0 Å². The fraction of sp³-hybridized carbons (Fsp3) is 0.364. The van der Waals surface area contributed by atoms with Crippen LogP contribution in [0, 0.1) is 19.8 Å². The standard InChI is InChI=1S/C22H21NO4/c1-12-7-8-16-15(11-12)19(24)17-18(14-6-4-3-5-13(14)2)23-22(20(17)27-16)9-10-26-21(22)25/h3-8,11,17-18,20,23H,9-10H2,1-2H3/t17-,18+,20+,22+/m1/s1. The summed E-state index contributed by atoms with van der Waals surface area (Å²) in [4.78, 5) is 26.2. The predicted octanol–water partition coefficient (Wildman–Crippen LogP) is 2.89. The van der Waals surface area contributed by atoms with Gasteiger partial charge in [-0.05, 0) is 37.1 Å². The highest BCUT2D eigenvalue weighted by Gasteiger charge is 2.66. The number of aryl methyl sites for hydroxylation is 2. The number of fused-ring (bicyclic) bond motifs is 3. The molecule has 27 heavy (non-hydrogen) atoms. The van der Waals surface area contributed by atoms with E-state index in [1.165, 1.54) is 0 Å². The zero-order valence-electron chi connectivity index (χ0n) is 15.3. The Morgan fingerprint density at radius 1 is 1.11 bits per heavy atom. The molecule has 5 heteroatoms. The van der Waals surface area contributed by atoms with Crippen molar-refractivity contribution in [2.24, 2.45) is 5.92 Å². The van der Waals surface area contributed by atoms with Gasteiger partial charge in [0, 0.05) is 12.5 Å². The van der Waals surface area contributed by atoms with Crippen molar-refractivity contribution in [2.45, 2.75) is 38.0 Å². The smallest absolute Gasteiger partial charge is 0.330 e. The van der Waals surface area contributed by atoms with Crippen LogP contribution >= 0.6 is 0 Å².